The number of fused-ring (bicyclic) bond motifs is 3. The molecule has 0 aromatic rings. The van der Waals surface area contributed by atoms with Crippen molar-refractivity contribution >= 4 is 23.7 Å². The first-order valence-corrected chi connectivity index (χ1v) is 11.1. The molecule has 8 nitrogen and oxygen atoms in total. The van der Waals surface area contributed by atoms with E-state index in [4.69, 9.17) is 14.2 Å². The fourth-order valence-corrected chi connectivity index (χ4v) is 5.14. The third-order valence-corrected chi connectivity index (χ3v) is 7.10. The highest BCUT2D eigenvalue weighted by Gasteiger charge is 2.65. The van der Waals surface area contributed by atoms with E-state index in [2.05, 4.69) is 6.58 Å². The van der Waals surface area contributed by atoms with E-state index in [1.54, 1.807) is 32.9 Å². The summed E-state index contributed by atoms with van der Waals surface area (Å²) in [7, 11) is 0. The number of rotatable bonds is 5. The zero-order chi connectivity index (χ0) is 24.9. The van der Waals surface area contributed by atoms with Crippen molar-refractivity contribution in [1.82, 2.24) is 0 Å². The number of allylic oxidation sites excluding steroid dienone is 3. The molecule has 7 atom stereocenters. The lowest BCUT2D eigenvalue weighted by Crippen LogP contribution is -2.55. The molecule has 3 rings (SSSR count). The van der Waals surface area contributed by atoms with Gasteiger partial charge >= 0.3 is 17.9 Å². The third kappa shape index (κ3) is 4.28. The normalized spacial score (nSPS) is 36.1. The molecule has 3 aliphatic rings. The van der Waals surface area contributed by atoms with E-state index in [1.165, 1.54) is 19.9 Å². The molecule has 0 spiro atoms. The number of carbonyl (C=O) groups is 4. The highest BCUT2D eigenvalue weighted by molar-refractivity contribution is 5.99. The maximum Gasteiger partial charge on any atom is 0.334 e. The molecular weight excluding hydrogens is 428 g/mol. The second kappa shape index (κ2) is 8.56. The average molecular weight is 461 g/mol. The maximum atomic E-state index is 13.2. The summed E-state index contributed by atoms with van der Waals surface area (Å²) in [5.74, 6) is -4.12. The van der Waals surface area contributed by atoms with E-state index >= 15 is 0 Å². The van der Waals surface area contributed by atoms with Gasteiger partial charge in [-0.3, -0.25) is 9.59 Å². The Morgan fingerprint density at radius 1 is 1.30 bits per heavy atom. The minimum absolute atomic E-state index is 0.0305. The van der Waals surface area contributed by atoms with Gasteiger partial charge < -0.3 is 19.3 Å². The van der Waals surface area contributed by atoms with Crippen LogP contribution in [0.4, 0.5) is 0 Å². The summed E-state index contributed by atoms with van der Waals surface area (Å²) in [4.78, 5) is 51.4. The van der Waals surface area contributed by atoms with Gasteiger partial charge in [0.1, 0.15) is 18.3 Å². The summed E-state index contributed by atoms with van der Waals surface area (Å²) in [5.41, 5.74) is -2.22. The lowest BCUT2D eigenvalue weighted by Gasteiger charge is -2.42. The predicted molar refractivity (Wildman–Crippen MR) is 118 cm³/mol. The summed E-state index contributed by atoms with van der Waals surface area (Å²) < 4.78 is 17.3. The second-order valence-corrected chi connectivity index (χ2v) is 10.1. The number of hydrogen-bond donors (Lipinski definition) is 1. The van der Waals surface area contributed by atoms with Crippen molar-refractivity contribution in [2.75, 3.05) is 0 Å². The van der Waals surface area contributed by atoms with E-state index in [1.807, 2.05) is 6.92 Å². The van der Waals surface area contributed by atoms with Crippen LogP contribution in [0.25, 0.3) is 0 Å². The van der Waals surface area contributed by atoms with E-state index in [0.717, 1.165) is 0 Å². The molecule has 0 aromatic carbocycles. The van der Waals surface area contributed by atoms with Gasteiger partial charge in [-0.1, -0.05) is 25.7 Å². The zero-order valence-electron chi connectivity index (χ0n) is 19.9. The van der Waals surface area contributed by atoms with E-state index in [9.17, 15) is 24.3 Å². The quantitative estimate of drug-likeness (QED) is 0.378. The van der Waals surface area contributed by atoms with Gasteiger partial charge in [-0.05, 0) is 46.6 Å². The highest BCUT2D eigenvalue weighted by atomic mass is 16.6. The molecule has 2 aliphatic carbocycles. The van der Waals surface area contributed by atoms with E-state index in [0.29, 0.717) is 5.57 Å². The van der Waals surface area contributed by atoms with Crippen LogP contribution in [0.15, 0.2) is 36.0 Å². The number of esters is 3. The Labute approximate surface area is 193 Å². The van der Waals surface area contributed by atoms with E-state index in [-0.39, 0.29) is 17.8 Å². The molecule has 1 heterocycles. The number of carbonyl (C=O) groups excluding carboxylic acids is 4. The summed E-state index contributed by atoms with van der Waals surface area (Å²) in [6.45, 7) is 13.6. The Kier molecular flexibility index (Phi) is 6.45. The summed E-state index contributed by atoms with van der Waals surface area (Å²) in [6, 6.07) is 0. The van der Waals surface area contributed by atoms with Crippen molar-refractivity contribution in [3.63, 3.8) is 0 Å². The molecule has 2 bridgehead atoms. The SMILES string of the molecule is C=C1C(=O)O[C@@H]2C(C)[C@@H]3C=CC(=O)[C@@]3(C)[C@@H](OC(=O)/C(C)=C\C)[C@H]1[C@@H]2OC(=O)CC(C)(C)O. The van der Waals surface area contributed by atoms with Crippen LogP contribution in [0.5, 0.6) is 0 Å². The van der Waals surface area contributed by atoms with Crippen molar-refractivity contribution < 1.29 is 38.5 Å². The fraction of sp³-hybridized carbons (Fsp3) is 0.600. The molecule has 1 saturated heterocycles. The van der Waals surface area contributed by atoms with E-state index < -0.39 is 65.0 Å². The molecule has 33 heavy (non-hydrogen) atoms. The molecule has 1 unspecified atom stereocenters. The maximum absolute atomic E-state index is 13.2. The molecular formula is C25H32O8. The van der Waals surface area contributed by atoms with Gasteiger partial charge in [0.2, 0.25) is 0 Å². The average Bonchev–Trinajstić information content (AvgIpc) is 2.99. The summed E-state index contributed by atoms with van der Waals surface area (Å²) in [6.07, 6.45) is 1.45. The van der Waals surface area contributed by atoms with Gasteiger partial charge in [0.05, 0.1) is 23.4 Å². The lowest BCUT2D eigenvalue weighted by molar-refractivity contribution is -0.190. The molecule has 1 saturated carbocycles. The third-order valence-electron chi connectivity index (χ3n) is 7.10. The minimum atomic E-state index is -1.31. The largest absolute Gasteiger partial charge is 0.457 e. The first kappa shape index (κ1) is 24.9. The van der Waals surface area contributed by atoms with Gasteiger partial charge in [0, 0.05) is 17.1 Å². The summed E-state index contributed by atoms with van der Waals surface area (Å²) >= 11 is 0. The van der Waals surface area contributed by atoms with Crippen molar-refractivity contribution in [1.29, 1.82) is 0 Å². The van der Waals surface area contributed by atoms with Crippen LogP contribution >= 0.6 is 0 Å². The Hall–Kier alpha value is -2.74. The van der Waals surface area contributed by atoms with Crippen molar-refractivity contribution in [3.05, 3.63) is 36.0 Å². The smallest absolute Gasteiger partial charge is 0.334 e. The second-order valence-electron chi connectivity index (χ2n) is 10.1. The number of hydrogen-bond acceptors (Lipinski definition) is 8. The topological polar surface area (TPSA) is 116 Å². The predicted octanol–water partition coefficient (Wildman–Crippen LogP) is 2.45. The monoisotopic (exact) mass is 460 g/mol. The molecule has 0 aromatic heterocycles. The van der Waals surface area contributed by atoms with Gasteiger partial charge in [0.15, 0.2) is 5.78 Å². The number of ketones is 1. The van der Waals surface area contributed by atoms with Crippen LogP contribution < -0.4 is 0 Å². The lowest BCUT2D eigenvalue weighted by atomic mass is 9.67. The summed E-state index contributed by atoms with van der Waals surface area (Å²) in [5, 5.41) is 10.1. The molecule has 8 heteroatoms. The molecule has 1 aliphatic heterocycles. The van der Waals surface area contributed by atoms with Crippen LogP contribution in [-0.2, 0) is 33.4 Å². The number of aliphatic hydroxyl groups is 1. The zero-order valence-corrected chi connectivity index (χ0v) is 19.9. The molecule has 1 N–H and O–H groups in total. The molecule has 180 valence electrons. The standard InChI is InChI=1S/C25H32O8/c1-8-12(2)22(28)33-21-18-14(4)23(29)32-19(20(18)31-17(27)11-24(5,6)30)13(3)15-9-10-16(26)25(15,21)7/h8-10,13,15,18-21,30H,4,11H2,1-3,5-7H3/b12-8-/t13?,15-,18+,19+,20-,21-,25-/m0/s1. The van der Waals surface area contributed by atoms with Gasteiger partial charge in [-0.2, -0.15) is 0 Å². The molecule has 2 fully saturated rings. The van der Waals surface area contributed by atoms with Crippen LogP contribution in [0.1, 0.15) is 48.0 Å². The van der Waals surface area contributed by atoms with Crippen LogP contribution in [0, 0.1) is 23.2 Å². The van der Waals surface area contributed by atoms with Crippen LogP contribution in [0.3, 0.4) is 0 Å². The Morgan fingerprint density at radius 2 is 1.94 bits per heavy atom. The number of ether oxygens (including phenoxy) is 3. The molecule has 0 amide bonds. The Bertz CT molecular complexity index is 952. The van der Waals surface area contributed by atoms with Crippen LogP contribution in [0.2, 0.25) is 0 Å². The fourth-order valence-electron chi connectivity index (χ4n) is 5.14. The Balaban J connectivity index is 2.14. The van der Waals surface area contributed by atoms with Gasteiger partial charge in [-0.25, -0.2) is 9.59 Å². The molecule has 0 radical (unpaired) electrons. The van der Waals surface area contributed by atoms with Crippen molar-refractivity contribution in [3.8, 4) is 0 Å². The highest BCUT2D eigenvalue weighted by Crippen LogP contribution is 2.55. The first-order valence-electron chi connectivity index (χ1n) is 11.1. The van der Waals surface area contributed by atoms with Crippen molar-refractivity contribution in [2.24, 2.45) is 23.2 Å². The first-order chi connectivity index (χ1) is 15.2. The van der Waals surface area contributed by atoms with Crippen LogP contribution in [-0.4, -0.2) is 52.7 Å². The van der Waals surface area contributed by atoms with Gasteiger partial charge in [-0.15, -0.1) is 0 Å². The Morgan fingerprint density at radius 3 is 2.52 bits per heavy atom. The minimum Gasteiger partial charge on any atom is -0.457 e. The van der Waals surface area contributed by atoms with Crippen molar-refractivity contribution in [2.45, 2.75) is 71.9 Å². The van der Waals surface area contributed by atoms with Gasteiger partial charge in [0.25, 0.3) is 0 Å².